The fourth-order valence-corrected chi connectivity index (χ4v) is 2.64. The quantitative estimate of drug-likeness (QED) is 0.485. The maximum atomic E-state index is 13.3. The molecule has 1 N–H and O–H groups in total. The molecule has 1 nitrogen and oxygen atoms in total. The van der Waals surface area contributed by atoms with Gasteiger partial charge in [0, 0.05) is 11.4 Å². The van der Waals surface area contributed by atoms with Crippen molar-refractivity contribution in [3.63, 3.8) is 0 Å². The molecule has 0 radical (unpaired) electrons. The first kappa shape index (κ1) is 15.1. The largest absolute Gasteiger partial charge is 0.380 e. The van der Waals surface area contributed by atoms with Crippen LogP contribution in [0, 0.1) is 29.1 Å². The maximum absolute atomic E-state index is 13.3. The fraction of sp³-hybridized carbons (Fsp3) is 0.167. The van der Waals surface area contributed by atoms with Gasteiger partial charge in [0.15, 0.2) is 23.3 Å². The minimum absolute atomic E-state index is 0.00912. The van der Waals surface area contributed by atoms with E-state index in [4.69, 9.17) is 11.6 Å². The second kappa shape index (κ2) is 5.97. The van der Waals surface area contributed by atoms with Crippen LogP contribution in [0.25, 0.3) is 0 Å². The van der Waals surface area contributed by atoms with Gasteiger partial charge in [0.1, 0.15) is 5.69 Å². The van der Waals surface area contributed by atoms with Crippen molar-refractivity contribution in [2.75, 3.05) is 11.9 Å². The molecule has 0 saturated heterocycles. The average molecular weight is 328 g/mol. The summed E-state index contributed by atoms with van der Waals surface area (Å²) in [5, 5.41) is 2.21. The van der Waals surface area contributed by atoms with Crippen molar-refractivity contribution in [3.05, 3.63) is 50.4 Å². The third-order valence-corrected chi connectivity index (χ3v) is 3.80. The lowest BCUT2D eigenvalue weighted by Gasteiger charge is -2.10. The molecule has 0 saturated carbocycles. The lowest BCUT2D eigenvalue weighted by Crippen LogP contribution is -2.12. The standard InChI is InChI=1S/C12H7ClF5NS/c13-6-2-1-5(20-6)3-4-19-12-10(17)8(15)7(14)9(16)11(12)18/h1-2,19H,3-4H2. The van der Waals surface area contributed by atoms with Gasteiger partial charge in [-0.25, -0.2) is 22.0 Å². The fourth-order valence-electron chi connectivity index (χ4n) is 1.56. The van der Waals surface area contributed by atoms with Gasteiger partial charge in [-0.3, -0.25) is 0 Å². The number of hydrogen-bond acceptors (Lipinski definition) is 2. The minimum Gasteiger partial charge on any atom is -0.380 e. The Hall–Kier alpha value is -1.34. The van der Waals surface area contributed by atoms with Crippen LogP contribution in [0.4, 0.5) is 27.6 Å². The summed E-state index contributed by atoms with van der Waals surface area (Å²) in [7, 11) is 0. The summed E-state index contributed by atoms with van der Waals surface area (Å²) in [4.78, 5) is 0.825. The number of nitrogens with one attached hydrogen (secondary N) is 1. The van der Waals surface area contributed by atoms with Crippen LogP contribution >= 0.6 is 22.9 Å². The van der Waals surface area contributed by atoms with Gasteiger partial charge in [-0.2, -0.15) is 0 Å². The molecule has 0 fully saturated rings. The molecule has 20 heavy (non-hydrogen) atoms. The summed E-state index contributed by atoms with van der Waals surface area (Å²) in [6, 6.07) is 3.37. The normalized spacial score (nSPS) is 10.9. The molecule has 0 bridgehead atoms. The Morgan fingerprint density at radius 1 is 0.900 bits per heavy atom. The number of thiophene rings is 1. The molecular formula is C12H7ClF5NS. The lowest BCUT2D eigenvalue weighted by atomic mass is 10.2. The van der Waals surface area contributed by atoms with Crippen molar-refractivity contribution < 1.29 is 22.0 Å². The number of benzene rings is 1. The van der Waals surface area contributed by atoms with Gasteiger partial charge in [0.25, 0.3) is 0 Å². The third-order valence-electron chi connectivity index (χ3n) is 2.51. The Bertz CT molecular complexity index is 614. The molecule has 2 aromatic rings. The molecule has 0 unspecified atom stereocenters. The van der Waals surface area contributed by atoms with Crippen molar-refractivity contribution in [1.29, 1.82) is 0 Å². The molecule has 0 amide bonds. The molecule has 8 heteroatoms. The summed E-state index contributed by atoms with van der Waals surface area (Å²) >= 11 is 6.97. The highest BCUT2D eigenvalue weighted by Crippen LogP contribution is 2.27. The molecule has 108 valence electrons. The zero-order valence-electron chi connectivity index (χ0n) is 9.74. The Labute approximate surface area is 120 Å². The number of anilines is 1. The van der Waals surface area contributed by atoms with Crippen molar-refractivity contribution in [2.24, 2.45) is 0 Å². The number of hydrogen-bond donors (Lipinski definition) is 1. The Morgan fingerprint density at radius 2 is 1.45 bits per heavy atom. The van der Waals surface area contributed by atoms with E-state index in [1.807, 2.05) is 0 Å². The first-order valence-corrected chi connectivity index (χ1v) is 6.60. The predicted molar refractivity (Wildman–Crippen MR) is 67.8 cm³/mol. The molecule has 1 heterocycles. The SMILES string of the molecule is Fc1c(F)c(F)c(NCCc2ccc(Cl)s2)c(F)c1F. The van der Waals surface area contributed by atoms with Crippen LogP contribution < -0.4 is 5.32 Å². The Balaban J connectivity index is 2.13. The van der Waals surface area contributed by atoms with E-state index in [1.54, 1.807) is 12.1 Å². The molecule has 0 aliphatic carbocycles. The molecule has 2 rings (SSSR count). The van der Waals surface area contributed by atoms with E-state index in [-0.39, 0.29) is 6.54 Å². The van der Waals surface area contributed by atoms with Crippen LogP contribution in [0.2, 0.25) is 4.34 Å². The summed E-state index contributed by atoms with van der Waals surface area (Å²) < 4.78 is 65.9. The van der Waals surface area contributed by atoms with Gasteiger partial charge < -0.3 is 5.32 Å². The monoisotopic (exact) mass is 327 g/mol. The summed E-state index contributed by atoms with van der Waals surface area (Å²) in [6.45, 7) is 0.00912. The summed E-state index contributed by atoms with van der Waals surface area (Å²) in [5.74, 6) is -9.84. The maximum Gasteiger partial charge on any atom is 0.200 e. The molecule has 1 aromatic carbocycles. The van der Waals surface area contributed by atoms with E-state index >= 15 is 0 Å². The number of halogens is 6. The molecule has 1 aromatic heterocycles. The van der Waals surface area contributed by atoms with Crippen molar-refractivity contribution in [1.82, 2.24) is 0 Å². The average Bonchev–Trinajstić information content (AvgIpc) is 2.84. The first-order valence-electron chi connectivity index (χ1n) is 5.41. The van der Waals surface area contributed by atoms with Crippen LogP contribution in [0.3, 0.4) is 0 Å². The molecule has 0 atom stereocenters. The highest BCUT2D eigenvalue weighted by atomic mass is 35.5. The van der Waals surface area contributed by atoms with Crippen LogP contribution in [-0.4, -0.2) is 6.54 Å². The van der Waals surface area contributed by atoms with Gasteiger partial charge in [-0.05, 0) is 18.6 Å². The second-order valence-electron chi connectivity index (χ2n) is 3.83. The van der Waals surface area contributed by atoms with Crippen molar-refractivity contribution in [2.45, 2.75) is 6.42 Å². The van der Waals surface area contributed by atoms with Crippen molar-refractivity contribution >= 4 is 28.6 Å². The van der Waals surface area contributed by atoms with Gasteiger partial charge in [-0.15, -0.1) is 11.3 Å². The lowest BCUT2D eigenvalue weighted by molar-refractivity contribution is 0.381. The van der Waals surface area contributed by atoms with Gasteiger partial charge in [-0.1, -0.05) is 11.6 Å². The van der Waals surface area contributed by atoms with E-state index in [2.05, 4.69) is 5.32 Å². The van der Waals surface area contributed by atoms with Crippen molar-refractivity contribution in [3.8, 4) is 0 Å². The van der Waals surface area contributed by atoms with E-state index in [0.29, 0.717) is 10.8 Å². The zero-order valence-corrected chi connectivity index (χ0v) is 11.3. The highest BCUT2D eigenvalue weighted by molar-refractivity contribution is 7.16. The Kier molecular flexibility index (Phi) is 4.49. The van der Waals surface area contributed by atoms with E-state index in [0.717, 1.165) is 4.88 Å². The van der Waals surface area contributed by atoms with Crippen LogP contribution in [-0.2, 0) is 6.42 Å². The smallest absolute Gasteiger partial charge is 0.200 e. The molecule has 0 aliphatic heterocycles. The summed E-state index contributed by atoms with van der Waals surface area (Å²) in [6.07, 6.45) is 0.344. The van der Waals surface area contributed by atoms with Gasteiger partial charge >= 0.3 is 0 Å². The van der Waals surface area contributed by atoms with E-state index in [1.165, 1.54) is 11.3 Å². The van der Waals surface area contributed by atoms with E-state index in [9.17, 15) is 22.0 Å². The zero-order chi connectivity index (χ0) is 14.9. The van der Waals surface area contributed by atoms with Crippen LogP contribution in [0.5, 0.6) is 0 Å². The second-order valence-corrected chi connectivity index (χ2v) is 5.63. The first-order chi connectivity index (χ1) is 9.41. The molecule has 0 spiro atoms. The van der Waals surface area contributed by atoms with Crippen LogP contribution in [0.1, 0.15) is 4.88 Å². The molecule has 0 aliphatic rings. The minimum atomic E-state index is -2.17. The van der Waals surface area contributed by atoms with E-state index < -0.39 is 34.8 Å². The van der Waals surface area contributed by atoms with Gasteiger partial charge in [0.2, 0.25) is 5.82 Å². The van der Waals surface area contributed by atoms with Gasteiger partial charge in [0.05, 0.1) is 4.34 Å². The predicted octanol–water partition coefficient (Wildman–Crippen LogP) is 4.75. The topological polar surface area (TPSA) is 12.0 Å². The number of rotatable bonds is 4. The summed E-state index contributed by atoms with van der Waals surface area (Å²) in [5.41, 5.74) is -1.02. The third kappa shape index (κ3) is 2.88. The van der Waals surface area contributed by atoms with Crippen LogP contribution in [0.15, 0.2) is 12.1 Å². The highest BCUT2D eigenvalue weighted by Gasteiger charge is 2.25. The Morgan fingerprint density at radius 3 is 1.95 bits per heavy atom. The molecular weight excluding hydrogens is 321 g/mol.